The second kappa shape index (κ2) is 10.0. The molecule has 0 aliphatic carbocycles. The molecule has 2 heterocycles. The number of rotatable bonds is 6. The molecule has 3 aromatic carbocycles. The number of carbonyl (C=O) groups is 2. The van der Waals surface area contributed by atoms with Crippen LogP contribution in [-0.4, -0.2) is 22.8 Å². The Balaban J connectivity index is 1.25. The minimum atomic E-state index is -0.383. The van der Waals surface area contributed by atoms with E-state index in [0.29, 0.717) is 42.8 Å². The molecule has 5 rings (SSSR count). The standard InChI is InChI=1S/C25H16Cl3NO5S/c26-17-4-3-15(19(27)9-17)12-32-18-5-1-14(2-6-18)7-23-24(30)29(25(31)35-23)11-16-8-21-22(10-20(16)28)34-13-33-21/h1-10H,11-13H2/b23-7-. The number of hydrogen-bond donors (Lipinski definition) is 0. The van der Waals surface area contributed by atoms with Crippen LogP contribution in [0.2, 0.25) is 15.1 Å². The van der Waals surface area contributed by atoms with E-state index in [9.17, 15) is 9.59 Å². The van der Waals surface area contributed by atoms with Crippen molar-refractivity contribution in [1.29, 1.82) is 0 Å². The summed E-state index contributed by atoms with van der Waals surface area (Å²) in [6.07, 6.45) is 1.67. The van der Waals surface area contributed by atoms with Gasteiger partial charge in [0.2, 0.25) is 6.79 Å². The van der Waals surface area contributed by atoms with Crippen LogP contribution in [0.25, 0.3) is 6.08 Å². The van der Waals surface area contributed by atoms with Gasteiger partial charge in [0.1, 0.15) is 12.4 Å². The van der Waals surface area contributed by atoms with E-state index < -0.39 is 0 Å². The lowest BCUT2D eigenvalue weighted by Crippen LogP contribution is -2.27. The maximum absolute atomic E-state index is 12.9. The third kappa shape index (κ3) is 5.23. The van der Waals surface area contributed by atoms with Crippen molar-refractivity contribution < 1.29 is 23.8 Å². The molecule has 2 aliphatic heterocycles. The molecule has 0 N–H and O–H groups in total. The second-order valence-electron chi connectivity index (χ2n) is 7.66. The maximum Gasteiger partial charge on any atom is 0.293 e. The summed E-state index contributed by atoms with van der Waals surface area (Å²) in [4.78, 5) is 27.0. The van der Waals surface area contributed by atoms with E-state index in [2.05, 4.69) is 0 Å². The molecular weight excluding hydrogens is 533 g/mol. The number of carbonyl (C=O) groups excluding carboxylic acids is 2. The van der Waals surface area contributed by atoms with Crippen LogP contribution >= 0.6 is 46.6 Å². The van der Waals surface area contributed by atoms with Crippen molar-refractivity contribution in [3.63, 3.8) is 0 Å². The Bertz CT molecular complexity index is 1360. The fourth-order valence-electron chi connectivity index (χ4n) is 3.50. The Morgan fingerprint density at radius 3 is 2.37 bits per heavy atom. The Labute approximate surface area is 220 Å². The highest BCUT2D eigenvalue weighted by Crippen LogP contribution is 2.39. The van der Waals surface area contributed by atoms with Gasteiger partial charge in [-0.05, 0) is 59.3 Å². The van der Waals surface area contributed by atoms with Crippen LogP contribution < -0.4 is 14.2 Å². The normalized spacial score (nSPS) is 15.9. The Kier molecular flexibility index (Phi) is 6.84. The fourth-order valence-corrected chi connectivity index (χ4v) is 5.01. The average Bonchev–Trinajstić information content (AvgIpc) is 3.38. The number of thioether (sulfide) groups is 1. The number of benzene rings is 3. The molecule has 0 saturated carbocycles. The SMILES string of the molecule is O=C1S/C(=C\c2ccc(OCc3ccc(Cl)cc3Cl)cc2)C(=O)N1Cc1cc2c(cc1Cl)OCO2. The van der Waals surface area contributed by atoms with Gasteiger partial charge in [-0.25, -0.2) is 0 Å². The third-order valence-corrected chi connectivity index (χ3v) is 7.18. The van der Waals surface area contributed by atoms with Gasteiger partial charge in [0.25, 0.3) is 11.1 Å². The van der Waals surface area contributed by atoms with E-state index in [1.807, 2.05) is 18.2 Å². The molecule has 178 valence electrons. The summed E-state index contributed by atoms with van der Waals surface area (Å²) in [6, 6.07) is 15.7. The third-order valence-electron chi connectivity index (χ3n) is 5.33. The highest BCUT2D eigenvalue weighted by atomic mass is 35.5. The van der Waals surface area contributed by atoms with E-state index in [0.717, 1.165) is 27.8 Å². The molecule has 6 nitrogen and oxygen atoms in total. The van der Waals surface area contributed by atoms with Gasteiger partial charge in [-0.1, -0.05) is 53.0 Å². The maximum atomic E-state index is 12.9. The van der Waals surface area contributed by atoms with E-state index in [4.69, 9.17) is 49.0 Å². The summed E-state index contributed by atoms with van der Waals surface area (Å²) in [5, 5.41) is 1.13. The Hall–Kier alpha value is -2.84. The van der Waals surface area contributed by atoms with E-state index in [1.165, 1.54) is 0 Å². The fraction of sp³-hybridized carbons (Fsp3) is 0.120. The lowest BCUT2D eigenvalue weighted by molar-refractivity contribution is -0.123. The van der Waals surface area contributed by atoms with Gasteiger partial charge in [-0.2, -0.15) is 0 Å². The zero-order chi connectivity index (χ0) is 24.5. The number of fused-ring (bicyclic) bond motifs is 1. The monoisotopic (exact) mass is 547 g/mol. The second-order valence-corrected chi connectivity index (χ2v) is 9.90. The van der Waals surface area contributed by atoms with Gasteiger partial charge in [-0.15, -0.1) is 0 Å². The number of imide groups is 1. The molecular formula is C25H16Cl3NO5S. The predicted molar refractivity (Wildman–Crippen MR) is 136 cm³/mol. The van der Waals surface area contributed by atoms with E-state index >= 15 is 0 Å². The molecule has 0 unspecified atom stereocenters. The largest absolute Gasteiger partial charge is 0.489 e. The molecule has 10 heteroatoms. The van der Waals surface area contributed by atoms with Gasteiger partial charge in [0.15, 0.2) is 11.5 Å². The quantitative estimate of drug-likeness (QED) is 0.304. The van der Waals surface area contributed by atoms with Gasteiger partial charge in [0, 0.05) is 26.7 Å². The molecule has 35 heavy (non-hydrogen) atoms. The van der Waals surface area contributed by atoms with E-state index in [-0.39, 0.29) is 31.1 Å². The van der Waals surface area contributed by atoms with Gasteiger partial charge >= 0.3 is 0 Å². The minimum absolute atomic E-state index is 0.0392. The van der Waals surface area contributed by atoms with Crippen molar-refractivity contribution in [3.8, 4) is 17.2 Å². The topological polar surface area (TPSA) is 65.1 Å². The highest BCUT2D eigenvalue weighted by Gasteiger charge is 2.35. The zero-order valence-electron chi connectivity index (χ0n) is 17.9. The molecule has 3 aromatic rings. The molecule has 0 spiro atoms. The van der Waals surface area contributed by atoms with Crippen LogP contribution in [0.1, 0.15) is 16.7 Å². The van der Waals surface area contributed by atoms with Crippen LogP contribution in [0.4, 0.5) is 4.79 Å². The van der Waals surface area contributed by atoms with Crippen LogP contribution in [0, 0.1) is 0 Å². The summed E-state index contributed by atoms with van der Waals surface area (Å²) in [5.41, 5.74) is 2.17. The number of hydrogen-bond acceptors (Lipinski definition) is 6. The number of ether oxygens (including phenoxy) is 3. The van der Waals surface area contributed by atoms with Crippen molar-refractivity contribution in [2.24, 2.45) is 0 Å². The Morgan fingerprint density at radius 1 is 0.914 bits per heavy atom. The highest BCUT2D eigenvalue weighted by molar-refractivity contribution is 8.18. The summed E-state index contributed by atoms with van der Waals surface area (Å²) >= 11 is 19.3. The molecule has 1 fully saturated rings. The molecule has 0 radical (unpaired) electrons. The Morgan fingerprint density at radius 2 is 1.63 bits per heavy atom. The smallest absolute Gasteiger partial charge is 0.293 e. The average molecular weight is 549 g/mol. The van der Waals surface area contributed by atoms with Crippen molar-refractivity contribution in [3.05, 3.63) is 91.3 Å². The van der Waals surface area contributed by atoms with Crippen LogP contribution in [-0.2, 0) is 17.9 Å². The zero-order valence-corrected chi connectivity index (χ0v) is 21.0. The molecule has 1 saturated heterocycles. The van der Waals surface area contributed by atoms with Gasteiger partial charge in [0.05, 0.1) is 11.4 Å². The summed E-state index contributed by atoms with van der Waals surface area (Å²) in [6.45, 7) is 0.437. The van der Waals surface area contributed by atoms with Gasteiger partial charge in [-0.3, -0.25) is 14.5 Å². The van der Waals surface area contributed by atoms with Crippen LogP contribution in [0.3, 0.4) is 0 Å². The summed E-state index contributed by atoms with van der Waals surface area (Å²) in [5.74, 6) is 1.33. The van der Waals surface area contributed by atoms with Crippen molar-refractivity contribution in [2.45, 2.75) is 13.2 Å². The first-order valence-corrected chi connectivity index (χ1v) is 12.3. The molecule has 0 aromatic heterocycles. The van der Waals surface area contributed by atoms with Crippen LogP contribution in [0.5, 0.6) is 17.2 Å². The molecule has 2 aliphatic rings. The summed E-state index contributed by atoms with van der Waals surface area (Å²) < 4.78 is 16.5. The van der Waals surface area contributed by atoms with E-state index in [1.54, 1.807) is 42.5 Å². The van der Waals surface area contributed by atoms with Gasteiger partial charge < -0.3 is 14.2 Å². The first kappa shape index (κ1) is 23.9. The lowest BCUT2D eigenvalue weighted by Gasteiger charge is -2.14. The number of halogens is 3. The molecule has 0 atom stereocenters. The van der Waals surface area contributed by atoms with Crippen LogP contribution in [0.15, 0.2) is 59.5 Å². The van der Waals surface area contributed by atoms with Crippen molar-refractivity contribution in [1.82, 2.24) is 4.90 Å². The lowest BCUT2D eigenvalue weighted by atomic mass is 10.1. The predicted octanol–water partition coefficient (Wildman–Crippen LogP) is 7.19. The first-order chi connectivity index (χ1) is 16.9. The molecule has 2 amide bonds. The summed E-state index contributed by atoms with van der Waals surface area (Å²) in [7, 11) is 0. The van der Waals surface area contributed by atoms with Crippen molar-refractivity contribution in [2.75, 3.05) is 6.79 Å². The first-order valence-electron chi connectivity index (χ1n) is 10.4. The number of amides is 2. The number of nitrogens with zero attached hydrogens (tertiary/aromatic N) is 1. The molecule has 0 bridgehead atoms. The van der Waals surface area contributed by atoms with Crippen molar-refractivity contribution >= 4 is 63.8 Å². The minimum Gasteiger partial charge on any atom is -0.489 e.